The number of rotatable bonds is 4. The molecule has 0 spiro atoms. The zero-order valence-corrected chi connectivity index (χ0v) is 13.7. The van der Waals surface area contributed by atoms with Gasteiger partial charge in [0.1, 0.15) is 0 Å². The van der Waals surface area contributed by atoms with Crippen LogP contribution in [0, 0.1) is 5.41 Å². The zero-order valence-electron chi connectivity index (χ0n) is 13.7. The Morgan fingerprint density at radius 3 is 2.16 bits per heavy atom. The molecule has 1 amide bonds. The molecule has 1 heterocycles. The number of hydrogen-bond acceptors (Lipinski definition) is 3. The van der Waals surface area contributed by atoms with Crippen LogP contribution in [0.4, 0.5) is 0 Å². The lowest BCUT2D eigenvalue weighted by molar-refractivity contribution is -0.134. The molecule has 1 aliphatic carbocycles. The number of amides is 1. The van der Waals surface area contributed by atoms with E-state index in [1.165, 1.54) is 12.8 Å². The first-order valence-corrected chi connectivity index (χ1v) is 7.60. The van der Waals surface area contributed by atoms with E-state index in [9.17, 15) is 4.79 Å². The lowest BCUT2D eigenvalue weighted by Crippen LogP contribution is -2.50. The van der Waals surface area contributed by atoms with Crippen LogP contribution < -0.4 is 0 Å². The normalized spacial score (nSPS) is 20.9. The van der Waals surface area contributed by atoms with Gasteiger partial charge in [-0.05, 0) is 12.8 Å². The van der Waals surface area contributed by atoms with Crippen LogP contribution in [0.1, 0.15) is 40.5 Å². The van der Waals surface area contributed by atoms with Crippen molar-refractivity contribution in [3.8, 4) is 0 Å². The van der Waals surface area contributed by atoms with Crippen molar-refractivity contribution in [2.24, 2.45) is 5.41 Å². The molecule has 0 N–H and O–H groups in total. The molecular formula is C15H32N2O2. The van der Waals surface area contributed by atoms with Crippen molar-refractivity contribution in [2.75, 3.05) is 46.9 Å². The predicted molar refractivity (Wildman–Crippen MR) is 80.3 cm³/mol. The third kappa shape index (κ3) is 5.91. The minimum Gasteiger partial charge on any atom is -0.384 e. The monoisotopic (exact) mass is 272 g/mol. The van der Waals surface area contributed by atoms with Crippen LogP contribution in [-0.4, -0.2) is 62.7 Å². The number of carbonyl (C=O) groups is 1. The molecule has 4 nitrogen and oxygen atoms in total. The van der Waals surface area contributed by atoms with Crippen molar-refractivity contribution in [1.82, 2.24) is 9.80 Å². The fourth-order valence-electron chi connectivity index (χ4n) is 2.25. The minimum atomic E-state index is 0.245. The van der Waals surface area contributed by atoms with Crippen LogP contribution in [0.3, 0.4) is 0 Å². The fourth-order valence-corrected chi connectivity index (χ4v) is 2.25. The smallest absolute Gasteiger partial charge is 0.236 e. The highest BCUT2D eigenvalue weighted by Gasteiger charge is 2.44. The van der Waals surface area contributed by atoms with Crippen LogP contribution >= 0.6 is 0 Å². The average molecular weight is 272 g/mol. The number of methoxy groups -OCH3 is 1. The Kier molecular flexibility index (Phi) is 9.02. The molecule has 1 saturated carbocycles. The maximum absolute atomic E-state index is 11.5. The van der Waals surface area contributed by atoms with E-state index < -0.39 is 0 Å². The first-order chi connectivity index (χ1) is 9.15. The summed E-state index contributed by atoms with van der Waals surface area (Å²) in [5, 5.41) is 0. The number of carbonyl (C=O) groups excluding carboxylic acids is 1. The first-order valence-electron chi connectivity index (χ1n) is 7.60. The summed E-state index contributed by atoms with van der Waals surface area (Å²) in [6.45, 7) is 12.3. The third-order valence-corrected chi connectivity index (χ3v) is 3.50. The molecule has 0 aromatic rings. The summed E-state index contributed by atoms with van der Waals surface area (Å²) in [7, 11) is 3.64. The molecule has 2 aliphatic rings. The Hall–Kier alpha value is -0.610. The quantitative estimate of drug-likeness (QED) is 0.787. The van der Waals surface area contributed by atoms with E-state index in [0.717, 1.165) is 26.2 Å². The highest BCUT2D eigenvalue weighted by molar-refractivity contribution is 5.78. The molecule has 1 aliphatic heterocycles. The Bertz CT molecular complexity index is 253. The van der Waals surface area contributed by atoms with Gasteiger partial charge in [-0.15, -0.1) is 0 Å². The van der Waals surface area contributed by atoms with Gasteiger partial charge in [-0.25, -0.2) is 0 Å². The topological polar surface area (TPSA) is 32.8 Å². The van der Waals surface area contributed by atoms with Crippen LogP contribution in [0.2, 0.25) is 0 Å². The summed E-state index contributed by atoms with van der Waals surface area (Å²) in [5.41, 5.74) is 0.366. The Labute approximate surface area is 119 Å². The molecule has 2 rings (SSSR count). The van der Waals surface area contributed by atoms with Crippen molar-refractivity contribution >= 4 is 5.91 Å². The summed E-state index contributed by atoms with van der Waals surface area (Å²) in [6, 6.07) is 0. The minimum absolute atomic E-state index is 0.245. The van der Waals surface area contributed by atoms with Gasteiger partial charge in [0.2, 0.25) is 5.91 Å². The highest BCUT2D eigenvalue weighted by Crippen LogP contribution is 2.46. The molecule has 2 fully saturated rings. The average Bonchev–Trinajstić information content (AvgIpc) is 3.19. The molecule has 19 heavy (non-hydrogen) atoms. The molecular weight excluding hydrogens is 240 g/mol. The summed E-state index contributed by atoms with van der Waals surface area (Å²) < 4.78 is 5.24. The first kappa shape index (κ1) is 18.4. The standard InChI is InChI=1S/C11H20N2O2.2C2H6/c1-12-5-6-13(7-10(12)14)8-11(3-4-11)9-15-2;2*1-2/h3-9H2,1-2H3;2*1-2H3. The Morgan fingerprint density at radius 1 is 1.16 bits per heavy atom. The molecule has 0 aromatic carbocycles. The van der Waals surface area contributed by atoms with Crippen molar-refractivity contribution < 1.29 is 9.53 Å². The summed E-state index contributed by atoms with van der Waals surface area (Å²) in [5.74, 6) is 0.245. The lowest BCUT2D eigenvalue weighted by atomic mass is 10.1. The van der Waals surface area contributed by atoms with Crippen molar-refractivity contribution in [3.05, 3.63) is 0 Å². The van der Waals surface area contributed by atoms with E-state index in [1.807, 2.05) is 39.6 Å². The maximum Gasteiger partial charge on any atom is 0.236 e. The van der Waals surface area contributed by atoms with E-state index in [0.29, 0.717) is 12.0 Å². The highest BCUT2D eigenvalue weighted by atomic mass is 16.5. The summed E-state index contributed by atoms with van der Waals surface area (Å²) in [4.78, 5) is 15.6. The second-order valence-electron chi connectivity index (χ2n) is 4.96. The molecule has 1 saturated heterocycles. The van der Waals surface area contributed by atoms with Gasteiger partial charge in [0, 0.05) is 39.2 Å². The van der Waals surface area contributed by atoms with Crippen LogP contribution in [-0.2, 0) is 9.53 Å². The molecule has 0 atom stereocenters. The fraction of sp³-hybridized carbons (Fsp3) is 0.933. The van der Waals surface area contributed by atoms with Gasteiger partial charge in [-0.1, -0.05) is 27.7 Å². The molecule has 114 valence electrons. The van der Waals surface area contributed by atoms with E-state index in [4.69, 9.17) is 4.74 Å². The van der Waals surface area contributed by atoms with E-state index >= 15 is 0 Å². The molecule has 0 unspecified atom stereocenters. The number of nitrogens with zero attached hydrogens (tertiary/aromatic N) is 2. The zero-order chi connectivity index (χ0) is 14.9. The van der Waals surface area contributed by atoms with Gasteiger partial charge in [-0.2, -0.15) is 0 Å². The SMILES string of the molecule is CC.CC.COCC1(CN2CCN(C)C(=O)C2)CC1. The van der Waals surface area contributed by atoms with Crippen LogP contribution in [0.5, 0.6) is 0 Å². The summed E-state index contributed by atoms with van der Waals surface area (Å²) in [6.07, 6.45) is 2.50. The molecule has 0 bridgehead atoms. The van der Waals surface area contributed by atoms with Gasteiger partial charge < -0.3 is 9.64 Å². The number of hydrogen-bond donors (Lipinski definition) is 0. The predicted octanol–water partition coefficient (Wildman–Crippen LogP) is 2.24. The molecule has 0 aromatic heterocycles. The van der Waals surface area contributed by atoms with Gasteiger partial charge in [0.25, 0.3) is 0 Å². The Balaban J connectivity index is 0.000000741. The van der Waals surface area contributed by atoms with Gasteiger partial charge >= 0.3 is 0 Å². The lowest BCUT2D eigenvalue weighted by Gasteiger charge is -2.34. The second kappa shape index (κ2) is 9.32. The number of piperazine rings is 1. The van der Waals surface area contributed by atoms with Crippen molar-refractivity contribution in [3.63, 3.8) is 0 Å². The molecule has 0 radical (unpaired) electrons. The van der Waals surface area contributed by atoms with Crippen molar-refractivity contribution in [1.29, 1.82) is 0 Å². The number of ether oxygens (including phenoxy) is 1. The Morgan fingerprint density at radius 2 is 1.74 bits per heavy atom. The number of likely N-dealkylation sites (N-methyl/N-ethyl adjacent to an activating group) is 1. The van der Waals surface area contributed by atoms with Gasteiger partial charge in [-0.3, -0.25) is 9.69 Å². The third-order valence-electron chi connectivity index (χ3n) is 3.50. The largest absolute Gasteiger partial charge is 0.384 e. The van der Waals surface area contributed by atoms with Crippen molar-refractivity contribution in [2.45, 2.75) is 40.5 Å². The van der Waals surface area contributed by atoms with E-state index in [1.54, 1.807) is 7.11 Å². The molecule has 4 heteroatoms. The van der Waals surface area contributed by atoms with Gasteiger partial charge in [0.05, 0.1) is 13.2 Å². The van der Waals surface area contributed by atoms with Crippen LogP contribution in [0.25, 0.3) is 0 Å². The van der Waals surface area contributed by atoms with E-state index in [2.05, 4.69) is 4.90 Å². The van der Waals surface area contributed by atoms with Gasteiger partial charge in [0.15, 0.2) is 0 Å². The van der Waals surface area contributed by atoms with E-state index in [-0.39, 0.29) is 5.91 Å². The maximum atomic E-state index is 11.5. The second-order valence-corrected chi connectivity index (χ2v) is 4.96. The van der Waals surface area contributed by atoms with Crippen LogP contribution in [0.15, 0.2) is 0 Å². The summed E-state index contributed by atoms with van der Waals surface area (Å²) >= 11 is 0.